The van der Waals surface area contributed by atoms with Gasteiger partial charge in [0.05, 0.1) is 0 Å². The smallest absolute Gasteiger partial charge is 0.410 e. The molecule has 0 aliphatic rings. The third kappa shape index (κ3) is 6.00. The first-order valence-electron chi connectivity index (χ1n) is 8.45. The summed E-state index contributed by atoms with van der Waals surface area (Å²) >= 11 is 0. The molecule has 0 unspecified atom stereocenters. The standard InChI is InChI=1S/C22H25NO2/c1-5-19-13-9-10-14-20(19)15-16-23(21(24)25-22(2,3)4)17-18-11-7-6-8-12-18/h1,6-14H,15-17H2,2-4H3. The second kappa shape index (κ2) is 8.39. The summed E-state index contributed by atoms with van der Waals surface area (Å²) in [7, 11) is 0. The number of nitrogens with zero attached hydrogens (tertiary/aromatic N) is 1. The zero-order valence-electron chi connectivity index (χ0n) is 15.2. The van der Waals surface area contributed by atoms with E-state index in [1.165, 1.54) is 0 Å². The fourth-order valence-electron chi connectivity index (χ4n) is 2.50. The second-order valence-corrected chi connectivity index (χ2v) is 6.94. The lowest BCUT2D eigenvalue weighted by Gasteiger charge is -2.27. The predicted octanol–water partition coefficient (Wildman–Crippen LogP) is 4.65. The zero-order chi connectivity index (χ0) is 18.3. The highest BCUT2D eigenvalue weighted by Crippen LogP contribution is 2.15. The van der Waals surface area contributed by atoms with Gasteiger partial charge in [-0.05, 0) is 44.4 Å². The second-order valence-electron chi connectivity index (χ2n) is 6.94. The van der Waals surface area contributed by atoms with Gasteiger partial charge in [-0.25, -0.2) is 4.79 Å². The predicted molar refractivity (Wildman–Crippen MR) is 101 cm³/mol. The van der Waals surface area contributed by atoms with Crippen LogP contribution in [0.25, 0.3) is 0 Å². The molecule has 0 atom stereocenters. The molecule has 0 spiro atoms. The van der Waals surface area contributed by atoms with Crippen LogP contribution in [0, 0.1) is 12.3 Å². The SMILES string of the molecule is C#Cc1ccccc1CCN(Cc1ccccc1)C(=O)OC(C)(C)C. The van der Waals surface area contributed by atoms with Crippen molar-refractivity contribution in [3.05, 3.63) is 71.3 Å². The van der Waals surface area contributed by atoms with E-state index in [2.05, 4.69) is 5.92 Å². The first kappa shape index (κ1) is 18.6. The molecule has 0 radical (unpaired) electrons. The Hall–Kier alpha value is -2.73. The van der Waals surface area contributed by atoms with E-state index in [9.17, 15) is 4.79 Å². The first-order chi connectivity index (χ1) is 11.9. The van der Waals surface area contributed by atoms with E-state index in [0.29, 0.717) is 19.5 Å². The Morgan fingerprint density at radius 1 is 1.08 bits per heavy atom. The Balaban J connectivity index is 2.13. The number of amides is 1. The molecule has 0 heterocycles. The van der Waals surface area contributed by atoms with Crippen LogP contribution < -0.4 is 0 Å². The van der Waals surface area contributed by atoms with Crippen molar-refractivity contribution in [2.24, 2.45) is 0 Å². The summed E-state index contributed by atoms with van der Waals surface area (Å²) in [4.78, 5) is 14.3. The minimum Gasteiger partial charge on any atom is -0.444 e. The summed E-state index contributed by atoms with van der Waals surface area (Å²) in [6.07, 6.45) is 5.94. The van der Waals surface area contributed by atoms with Crippen molar-refractivity contribution in [3.63, 3.8) is 0 Å². The van der Waals surface area contributed by atoms with Gasteiger partial charge in [-0.1, -0.05) is 54.5 Å². The molecule has 0 aromatic heterocycles. The van der Waals surface area contributed by atoms with E-state index in [1.54, 1.807) is 4.90 Å². The highest BCUT2D eigenvalue weighted by molar-refractivity contribution is 5.68. The van der Waals surface area contributed by atoms with Gasteiger partial charge in [0.1, 0.15) is 5.60 Å². The zero-order valence-corrected chi connectivity index (χ0v) is 15.2. The maximum absolute atomic E-state index is 12.6. The monoisotopic (exact) mass is 335 g/mol. The number of hydrogen-bond donors (Lipinski definition) is 0. The van der Waals surface area contributed by atoms with Gasteiger partial charge in [-0.3, -0.25) is 0 Å². The highest BCUT2D eigenvalue weighted by Gasteiger charge is 2.22. The minimum atomic E-state index is -0.525. The van der Waals surface area contributed by atoms with E-state index in [0.717, 1.165) is 16.7 Å². The molecule has 2 rings (SSSR count). The molecule has 0 saturated heterocycles. The molecule has 0 N–H and O–H groups in total. The van der Waals surface area contributed by atoms with Gasteiger partial charge in [-0.2, -0.15) is 0 Å². The molecule has 3 heteroatoms. The van der Waals surface area contributed by atoms with Crippen LogP contribution in [0.2, 0.25) is 0 Å². The Kier molecular flexibility index (Phi) is 6.25. The lowest BCUT2D eigenvalue weighted by Crippen LogP contribution is -2.37. The average molecular weight is 335 g/mol. The fourth-order valence-corrected chi connectivity index (χ4v) is 2.50. The summed E-state index contributed by atoms with van der Waals surface area (Å²) in [6, 6.07) is 17.7. The van der Waals surface area contributed by atoms with Gasteiger partial charge in [0.2, 0.25) is 0 Å². The topological polar surface area (TPSA) is 29.5 Å². The van der Waals surface area contributed by atoms with E-state index >= 15 is 0 Å². The summed E-state index contributed by atoms with van der Waals surface area (Å²) in [5.41, 5.74) is 2.47. The number of terminal acetylenes is 1. The van der Waals surface area contributed by atoms with Crippen LogP contribution in [0.5, 0.6) is 0 Å². The van der Waals surface area contributed by atoms with Crippen LogP contribution in [0.1, 0.15) is 37.5 Å². The molecule has 0 aliphatic carbocycles. The summed E-state index contributed by atoms with van der Waals surface area (Å²) in [5.74, 6) is 2.70. The molecule has 2 aromatic carbocycles. The van der Waals surface area contributed by atoms with Crippen LogP contribution in [-0.2, 0) is 17.7 Å². The molecule has 2 aromatic rings. The number of benzene rings is 2. The lowest BCUT2D eigenvalue weighted by atomic mass is 10.0. The van der Waals surface area contributed by atoms with Crippen molar-refractivity contribution in [2.45, 2.75) is 39.3 Å². The van der Waals surface area contributed by atoms with Crippen molar-refractivity contribution < 1.29 is 9.53 Å². The molecule has 0 aliphatic heterocycles. The minimum absolute atomic E-state index is 0.311. The first-order valence-corrected chi connectivity index (χ1v) is 8.45. The molecule has 1 amide bonds. The maximum atomic E-state index is 12.6. The molecule has 0 saturated carbocycles. The van der Waals surface area contributed by atoms with E-state index in [-0.39, 0.29) is 6.09 Å². The molecule has 130 valence electrons. The number of carbonyl (C=O) groups excluding carboxylic acids is 1. The number of carbonyl (C=O) groups is 1. The van der Waals surface area contributed by atoms with Gasteiger partial charge >= 0.3 is 6.09 Å². The molecule has 3 nitrogen and oxygen atoms in total. The van der Waals surface area contributed by atoms with E-state index in [1.807, 2.05) is 75.4 Å². The third-order valence-electron chi connectivity index (χ3n) is 3.69. The molecular weight excluding hydrogens is 310 g/mol. The van der Waals surface area contributed by atoms with Crippen molar-refractivity contribution >= 4 is 6.09 Å². The fraction of sp³-hybridized carbons (Fsp3) is 0.318. The van der Waals surface area contributed by atoms with E-state index in [4.69, 9.17) is 11.2 Å². The van der Waals surface area contributed by atoms with Crippen LogP contribution in [0.15, 0.2) is 54.6 Å². The van der Waals surface area contributed by atoms with Crippen LogP contribution in [0.4, 0.5) is 4.79 Å². The average Bonchev–Trinajstić information content (AvgIpc) is 2.58. The number of ether oxygens (including phenoxy) is 1. The normalized spacial score (nSPS) is 10.8. The number of hydrogen-bond acceptors (Lipinski definition) is 2. The molecule has 0 fully saturated rings. The molecule has 0 bridgehead atoms. The summed E-state index contributed by atoms with van der Waals surface area (Å²) < 4.78 is 5.56. The Morgan fingerprint density at radius 2 is 1.72 bits per heavy atom. The maximum Gasteiger partial charge on any atom is 0.410 e. The summed E-state index contributed by atoms with van der Waals surface area (Å²) in [6.45, 7) is 6.67. The van der Waals surface area contributed by atoms with Gasteiger partial charge in [0, 0.05) is 18.7 Å². The van der Waals surface area contributed by atoms with Gasteiger partial charge < -0.3 is 9.64 Å². The Morgan fingerprint density at radius 3 is 2.36 bits per heavy atom. The van der Waals surface area contributed by atoms with Crippen molar-refractivity contribution in [1.29, 1.82) is 0 Å². The van der Waals surface area contributed by atoms with Gasteiger partial charge in [0.15, 0.2) is 0 Å². The van der Waals surface area contributed by atoms with Crippen molar-refractivity contribution in [3.8, 4) is 12.3 Å². The molecular formula is C22H25NO2. The third-order valence-corrected chi connectivity index (χ3v) is 3.69. The highest BCUT2D eigenvalue weighted by atomic mass is 16.6. The summed E-state index contributed by atoms with van der Waals surface area (Å²) in [5, 5.41) is 0. The number of rotatable bonds is 5. The Bertz CT molecular complexity index is 739. The Labute approximate surface area is 150 Å². The largest absolute Gasteiger partial charge is 0.444 e. The van der Waals surface area contributed by atoms with Crippen LogP contribution >= 0.6 is 0 Å². The van der Waals surface area contributed by atoms with Crippen molar-refractivity contribution in [1.82, 2.24) is 4.90 Å². The van der Waals surface area contributed by atoms with E-state index < -0.39 is 5.60 Å². The quantitative estimate of drug-likeness (QED) is 0.745. The van der Waals surface area contributed by atoms with Gasteiger partial charge in [-0.15, -0.1) is 6.42 Å². The lowest BCUT2D eigenvalue weighted by molar-refractivity contribution is 0.0236. The van der Waals surface area contributed by atoms with Crippen LogP contribution in [0.3, 0.4) is 0 Å². The van der Waals surface area contributed by atoms with Crippen molar-refractivity contribution in [2.75, 3.05) is 6.54 Å². The molecule has 25 heavy (non-hydrogen) atoms. The van der Waals surface area contributed by atoms with Crippen LogP contribution in [-0.4, -0.2) is 23.1 Å². The van der Waals surface area contributed by atoms with Gasteiger partial charge in [0.25, 0.3) is 0 Å².